The number of halogens is 1. The predicted molar refractivity (Wildman–Crippen MR) is 110 cm³/mol. The van der Waals surface area contributed by atoms with Gasteiger partial charge in [0.1, 0.15) is 5.75 Å². The van der Waals surface area contributed by atoms with Crippen molar-refractivity contribution in [3.05, 3.63) is 27.7 Å². The Morgan fingerprint density at radius 1 is 1.19 bits per heavy atom. The maximum Gasteiger partial charge on any atom is 0.261 e. The maximum atomic E-state index is 12.8. The highest BCUT2D eigenvalue weighted by Crippen LogP contribution is 2.55. The zero-order valence-corrected chi connectivity index (χ0v) is 17.6. The Morgan fingerprint density at radius 3 is 2.31 bits per heavy atom. The largest absolute Gasteiger partial charge is 0.495 e. The van der Waals surface area contributed by atoms with Crippen molar-refractivity contribution >= 4 is 39.2 Å². The zero-order valence-electron chi connectivity index (χ0n) is 15.2. The van der Waals surface area contributed by atoms with Crippen LogP contribution in [0.1, 0.15) is 54.4 Å². The van der Waals surface area contributed by atoms with E-state index in [9.17, 15) is 4.79 Å². The second kappa shape index (κ2) is 6.79. The van der Waals surface area contributed by atoms with Gasteiger partial charge in [0.25, 0.3) is 5.91 Å². The molecule has 1 amide bonds. The first-order chi connectivity index (χ1) is 12.4. The quantitative estimate of drug-likeness (QED) is 0.691. The number of thiocarbonyl (C=S) groups is 1. The second-order valence-corrected chi connectivity index (χ2v) is 9.70. The summed E-state index contributed by atoms with van der Waals surface area (Å²) in [6, 6.07) is 3.76. The van der Waals surface area contributed by atoms with Crippen LogP contribution in [-0.2, 0) is 0 Å². The molecule has 0 aliphatic heterocycles. The van der Waals surface area contributed by atoms with Gasteiger partial charge < -0.3 is 10.1 Å². The molecule has 0 saturated heterocycles. The summed E-state index contributed by atoms with van der Waals surface area (Å²) in [4.78, 5) is 12.8. The molecule has 0 atom stereocenters. The third kappa shape index (κ3) is 3.38. The monoisotopic (exact) mass is 436 g/mol. The zero-order chi connectivity index (χ0) is 18.5. The van der Waals surface area contributed by atoms with Crippen LogP contribution in [0.4, 0.5) is 0 Å². The van der Waals surface area contributed by atoms with E-state index in [0.29, 0.717) is 16.4 Å². The number of aryl methyl sites for hydroxylation is 1. The number of amides is 1. The molecule has 1 aromatic carbocycles. The third-order valence-corrected chi connectivity index (χ3v) is 7.07. The Morgan fingerprint density at radius 2 is 1.77 bits per heavy atom. The standard InChI is InChI=1S/C20H25BrN2O2S/c1-11-3-15(17(25-2)16(21)4-11)18(24)22-19(26)23-20-8-12-5-13(9-20)7-14(6-12)10-20/h3-4,12-14H,5-10H2,1-2H3,(H2,22,23,24,26). The van der Waals surface area contributed by atoms with Crippen LogP contribution in [0.15, 0.2) is 16.6 Å². The second-order valence-electron chi connectivity index (χ2n) is 8.43. The molecule has 0 aromatic heterocycles. The predicted octanol–water partition coefficient (Wildman–Crippen LogP) is 4.34. The minimum atomic E-state index is -0.228. The molecule has 0 heterocycles. The molecule has 4 aliphatic carbocycles. The highest BCUT2D eigenvalue weighted by Gasteiger charge is 2.51. The smallest absolute Gasteiger partial charge is 0.261 e. The molecule has 4 saturated carbocycles. The van der Waals surface area contributed by atoms with Gasteiger partial charge >= 0.3 is 0 Å². The van der Waals surface area contributed by atoms with E-state index in [1.165, 1.54) is 38.5 Å². The van der Waals surface area contributed by atoms with Crippen molar-refractivity contribution in [2.75, 3.05) is 7.11 Å². The summed E-state index contributed by atoms with van der Waals surface area (Å²) in [6.45, 7) is 1.95. The number of carbonyl (C=O) groups excluding carboxylic acids is 1. The first-order valence-corrected chi connectivity index (χ1v) is 10.6. The van der Waals surface area contributed by atoms with Crippen LogP contribution in [0.3, 0.4) is 0 Å². The lowest BCUT2D eigenvalue weighted by Gasteiger charge is -2.57. The van der Waals surface area contributed by atoms with Crippen molar-refractivity contribution in [1.82, 2.24) is 10.6 Å². The summed E-state index contributed by atoms with van der Waals surface area (Å²) >= 11 is 8.98. The van der Waals surface area contributed by atoms with Gasteiger partial charge in [-0.3, -0.25) is 10.1 Å². The summed E-state index contributed by atoms with van der Waals surface area (Å²) in [5.41, 5.74) is 1.58. The molecule has 0 spiro atoms. The molecule has 4 bridgehead atoms. The van der Waals surface area contributed by atoms with Crippen LogP contribution in [0.5, 0.6) is 5.75 Å². The molecule has 26 heavy (non-hydrogen) atoms. The Kier molecular flexibility index (Phi) is 4.76. The van der Waals surface area contributed by atoms with Crippen molar-refractivity contribution in [2.24, 2.45) is 17.8 Å². The normalized spacial score (nSPS) is 31.6. The lowest BCUT2D eigenvalue weighted by atomic mass is 9.53. The van der Waals surface area contributed by atoms with Crippen LogP contribution in [0, 0.1) is 24.7 Å². The number of hydrogen-bond acceptors (Lipinski definition) is 3. The van der Waals surface area contributed by atoms with E-state index < -0.39 is 0 Å². The molecule has 0 unspecified atom stereocenters. The van der Waals surface area contributed by atoms with Crippen molar-refractivity contribution in [3.8, 4) is 5.75 Å². The average Bonchev–Trinajstić information content (AvgIpc) is 2.52. The highest BCUT2D eigenvalue weighted by molar-refractivity contribution is 9.10. The summed E-state index contributed by atoms with van der Waals surface area (Å²) in [5, 5.41) is 6.86. The lowest BCUT2D eigenvalue weighted by Crippen LogP contribution is -2.61. The molecule has 1 aromatic rings. The van der Waals surface area contributed by atoms with Crippen LogP contribution in [0.25, 0.3) is 0 Å². The molecule has 2 N–H and O–H groups in total. The van der Waals surface area contributed by atoms with Crippen LogP contribution >= 0.6 is 28.1 Å². The lowest BCUT2D eigenvalue weighted by molar-refractivity contribution is -0.0101. The molecule has 4 nitrogen and oxygen atoms in total. The van der Waals surface area contributed by atoms with Crippen molar-refractivity contribution in [1.29, 1.82) is 0 Å². The van der Waals surface area contributed by atoms with Gasteiger partial charge in [-0.2, -0.15) is 0 Å². The molecule has 4 fully saturated rings. The van der Waals surface area contributed by atoms with Crippen molar-refractivity contribution in [2.45, 2.75) is 51.0 Å². The number of methoxy groups -OCH3 is 1. The van der Waals surface area contributed by atoms with E-state index in [4.69, 9.17) is 17.0 Å². The van der Waals surface area contributed by atoms with E-state index >= 15 is 0 Å². The summed E-state index contributed by atoms with van der Waals surface area (Å²) in [5.74, 6) is 2.81. The van der Waals surface area contributed by atoms with Gasteiger partial charge in [-0.15, -0.1) is 0 Å². The number of hydrogen-bond donors (Lipinski definition) is 2. The van der Waals surface area contributed by atoms with E-state index in [0.717, 1.165) is 27.8 Å². The van der Waals surface area contributed by atoms with Gasteiger partial charge in [0, 0.05) is 5.54 Å². The Hall–Kier alpha value is -1.14. The van der Waals surface area contributed by atoms with E-state index in [2.05, 4.69) is 26.6 Å². The maximum absolute atomic E-state index is 12.8. The molecule has 6 heteroatoms. The molecule has 5 rings (SSSR count). The summed E-state index contributed by atoms with van der Waals surface area (Å²) in [7, 11) is 1.57. The highest BCUT2D eigenvalue weighted by atomic mass is 79.9. The van der Waals surface area contributed by atoms with Crippen molar-refractivity contribution < 1.29 is 9.53 Å². The molecule has 140 valence electrons. The molecular weight excluding hydrogens is 412 g/mol. The van der Waals surface area contributed by atoms with Gasteiger partial charge in [0.05, 0.1) is 17.1 Å². The van der Waals surface area contributed by atoms with Gasteiger partial charge in [0.15, 0.2) is 5.11 Å². The number of ether oxygens (including phenoxy) is 1. The first kappa shape index (κ1) is 18.2. The van der Waals surface area contributed by atoms with Gasteiger partial charge in [-0.25, -0.2) is 0 Å². The Balaban J connectivity index is 1.47. The fraction of sp³-hybridized carbons (Fsp3) is 0.600. The Bertz CT molecular complexity index is 729. The summed E-state index contributed by atoms with van der Waals surface area (Å²) in [6.07, 6.45) is 7.72. The van der Waals surface area contributed by atoms with Crippen molar-refractivity contribution in [3.63, 3.8) is 0 Å². The summed E-state index contributed by atoms with van der Waals surface area (Å²) < 4.78 is 6.17. The number of carbonyl (C=O) groups is 1. The fourth-order valence-corrected chi connectivity index (χ4v) is 6.86. The van der Waals surface area contributed by atoms with E-state index in [-0.39, 0.29) is 11.4 Å². The first-order valence-electron chi connectivity index (χ1n) is 9.35. The number of nitrogens with one attached hydrogen (secondary N) is 2. The molecule has 0 radical (unpaired) electrons. The van der Waals surface area contributed by atoms with E-state index in [1.54, 1.807) is 7.11 Å². The SMILES string of the molecule is COc1c(Br)cc(C)cc1C(=O)NC(=S)NC12CC3CC(CC(C3)C1)C2. The van der Waals surface area contributed by atoms with Gasteiger partial charge in [-0.05, 0) is 109 Å². The third-order valence-electron chi connectivity index (χ3n) is 6.28. The fourth-order valence-electron chi connectivity index (χ4n) is 5.81. The number of benzene rings is 1. The minimum Gasteiger partial charge on any atom is -0.495 e. The van der Waals surface area contributed by atoms with Gasteiger partial charge in [-0.1, -0.05) is 0 Å². The minimum absolute atomic E-state index is 0.0936. The molecule has 4 aliphatic rings. The van der Waals surface area contributed by atoms with Crippen LogP contribution < -0.4 is 15.4 Å². The topological polar surface area (TPSA) is 50.4 Å². The number of rotatable bonds is 3. The average molecular weight is 437 g/mol. The van der Waals surface area contributed by atoms with Crippen LogP contribution in [0.2, 0.25) is 0 Å². The van der Waals surface area contributed by atoms with Gasteiger partial charge in [0.2, 0.25) is 0 Å². The van der Waals surface area contributed by atoms with Crippen LogP contribution in [-0.4, -0.2) is 23.7 Å². The molecular formula is C20H25BrN2O2S. The Labute approximate surface area is 168 Å². The van der Waals surface area contributed by atoms with E-state index in [1.807, 2.05) is 19.1 Å².